The predicted octanol–water partition coefficient (Wildman–Crippen LogP) is 4.08. The van der Waals surface area contributed by atoms with Gasteiger partial charge in [0.15, 0.2) is 5.82 Å². The van der Waals surface area contributed by atoms with Crippen molar-refractivity contribution in [3.8, 4) is 5.69 Å². The van der Waals surface area contributed by atoms with E-state index in [2.05, 4.69) is 20.5 Å². The van der Waals surface area contributed by atoms with Crippen LogP contribution in [0.25, 0.3) is 5.69 Å². The van der Waals surface area contributed by atoms with Crippen molar-refractivity contribution in [1.29, 1.82) is 0 Å². The predicted molar refractivity (Wildman–Crippen MR) is 108 cm³/mol. The highest BCUT2D eigenvalue weighted by atomic mass is 35.5. The van der Waals surface area contributed by atoms with Crippen molar-refractivity contribution < 1.29 is 13.2 Å². The third-order valence-electron chi connectivity index (χ3n) is 3.93. The molecule has 30 heavy (non-hydrogen) atoms. The molecule has 2 N–H and O–H groups in total. The number of halogens is 5. The third-order valence-corrected chi connectivity index (χ3v) is 4.47. The lowest BCUT2D eigenvalue weighted by molar-refractivity contribution is -0.137. The highest BCUT2D eigenvalue weighted by molar-refractivity contribution is 6.33. The number of hydrazone groups is 1. The molecule has 7 nitrogen and oxygen atoms in total. The Kier molecular flexibility index (Phi) is 5.99. The summed E-state index contributed by atoms with van der Waals surface area (Å²) in [5.41, 5.74) is 0.679. The fourth-order valence-corrected chi connectivity index (χ4v) is 2.73. The van der Waals surface area contributed by atoms with Crippen molar-refractivity contribution in [2.24, 2.45) is 5.10 Å². The van der Waals surface area contributed by atoms with Gasteiger partial charge in [0.05, 0.1) is 27.5 Å². The van der Waals surface area contributed by atoms with Crippen molar-refractivity contribution >= 4 is 34.7 Å². The van der Waals surface area contributed by atoms with Crippen LogP contribution < -0.4 is 16.7 Å². The fourth-order valence-electron chi connectivity index (χ4n) is 2.39. The van der Waals surface area contributed by atoms with Crippen LogP contribution >= 0.6 is 23.2 Å². The molecule has 0 aliphatic rings. The van der Waals surface area contributed by atoms with Crippen LogP contribution in [-0.4, -0.2) is 20.2 Å². The molecule has 0 aliphatic carbocycles. The Hall–Kier alpha value is -3.11. The molecule has 0 aliphatic heterocycles. The zero-order chi connectivity index (χ0) is 22.1. The summed E-state index contributed by atoms with van der Waals surface area (Å²) in [6.45, 7) is 1.46. The molecule has 156 valence electrons. The number of alkyl halides is 3. The zero-order valence-corrected chi connectivity index (χ0v) is 16.6. The summed E-state index contributed by atoms with van der Waals surface area (Å²) in [5, 5.41) is 4.11. The number of nitrogens with one attached hydrogen (secondary N) is 2. The molecule has 1 aromatic carbocycles. The van der Waals surface area contributed by atoms with Gasteiger partial charge in [0.2, 0.25) is 0 Å². The van der Waals surface area contributed by atoms with Crippen LogP contribution in [0.2, 0.25) is 10.0 Å². The van der Waals surface area contributed by atoms with E-state index in [1.165, 1.54) is 17.7 Å². The number of rotatable bonds is 4. The van der Waals surface area contributed by atoms with E-state index in [4.69, 9.17) is 23.2 Å². The molecular formula is C18H12Cl2F3N5O2. The second-order valence-corrected chi connectivity index (χ2v) is 6.85. The largest absolute Gasteiger partial charge is 0.417 e. The molecule has 12 heteroatoms. The van der Waals surface area contributed by atoms with Gasteiger partial charge >= 0.3 is 11.9 Å². The first-order valence-electron chi connectivity index (χ1n) is 8.21. The van der Waals surface area contributed by atoms with Crippen LogP contribution in [0.15, 0.2) is 57.4 Å². The van der Waals surface area contributed by atoms with E-state index in [1.54, 1.807) is 24.3 Å². The van der Waals surface area contributed by atoms with Crippen LogP contribution in [-0.2, 0) is 6.18 Å². The maximum absolute atomic E-state index is 12.7. The first kappa shape index (κ1) is 21.6. The smallest absolute Gasteiger partial charge is 0.273 e. The summed E-state index contributed by atoms with van der Waals surface area (Å²) in [4.78, 5) is 30.1. The number of benzene rings is 1. The monoisotopic (exact) mass is 457 g/mol. The number of hydrogen-bond acceptors (Lipinski definition) is 5. The quantitative estimate of drug-likeness (QED) is 0.455. The van der Waals surface area contributed by atoms with Gasteiger partial charge in [-0.25, -0.2) is 9.78 Å². The molecule has 0 unspecified atom stereocenters. The second kappa shape index (κ2) is 8.33. The molecule has 0 saturated carbocycles. The number of nitrogens with zero attached hydrogens (tertiary/aromatic N) is 3. The number of H-pyrrole nitrogens is 1. The molecule has 2 heterocycles. The summed E-state index contributed by atoms with van der Waals surface area (Å²) in [5.74, 6) is -0.133. The van der Waals surface area contributed by atoms with E-state index < -0.39 is 23.0 Å². The molecule has 2 aromatic heterocycles. The SMILES string of the molecule is C/C(=N/Nc1ncc(C(F)(F)F)cc1Cl)c1cn(-c2ccc(Cl)cc2)c(=O)[nH]c1=O. The van der Waals surface area contributed by atoms with Crippen LogP contribution in [0.5, 0.6) is 0 Å². The van der Waals surface area contributed by atoms with Crippen molar-refractivity contribution in [1.82, 2.24) is 14.5 Å². The van der Waals surface area contributed by atoms with Crippen LogP contribution in [0, 0.1) is 0 Å². The zero-order valence-electron chi connectivity index (χ0n) is 15.1. The molecule has 0 saturated heterocycles. The number of pyridine rings is 1. The number of aromatic nitrogens is 3. The van der Waals surface area contributed by atoms with Crippen LogP contribution in [0.4, 0.5) is 19.0 Å². The van der Waals surface area contributed by atoms with Gasteiger partial charge in [0.1, 0.15) is 0 Å². The molecule has 0 atom stereocenters. The average Bonchev–Trinajstić information content (AvgIpc) is 2.67. The summed E-state index contributed by atoms with van der Waals surface area (Å²) >= 11 is 11.7. The summed E-state index contributed by atoms with van der Waals surface area (Å²) in [7, 11) is 0. The Morgan fingerprint density at radius 1 is 1.20 bits per heavy atom. The molecule has 0 amide bonds. The lowest BCUT2D eigenvalue weighted by atomic mass is 10.2. The van der Waals surface area contributed by atoms with Gasteiger partial charge in [-0.1, -0.05) is 23.2 Å². The van der Waals surface area contributed by atoms with Crippen molar-refractivity contribution in [2.45, 2.75) is 13.1 Å². The minimum Gasteiger partial charge on any atom is -0.273 e. The molecule has 0 radical (unpaired) electrons. The first-order valence-corrected chi connectivity index (χ1v) is 8.97. The Morgan fingerprint density at radius 3 is 2.47 bits per heavy atom. The van der Waals surface area contributed by atoms with E-state index in [0.717, 1.165) is 0 Å². The Morgan fingerprint density at radius 2 is 1.87 bits per heavy atom. The van der Waals surface area contributed by atoms with E-state index in [9.17, 15) is 22.8 Å². The highest BCUT2D eigenvalue weighted by Gasteiger charge is 2.31. The van der Waals surface area contributed by atoms with E-state index in [-0.39, 0.29) is 22.1 Å². The maximum atomic E-state index is 12.7. The van der Waals surface area contributed by atoms with Gasteiger partial charge in [0, 0.05) is 17.4 Å². The standard InChI is InChI=1S/C18H12Cl2F3N5O2/c1-9(26-27-15-14(20)6-10(7-24-15)18(21,22)23)13-8-28(17(30)25-16(13)29)12-4-2-11(19)3-5-12/h2-8H,1H3,(H,24,27)(H,25,29,30)/b26-9-. The molecule has 0 bridgehead atoms. The summed E-state index contributed by atoms with van der Waals surface area (Å²) in [6, 6.07) is 7.03. The van der Waals surface area contributed by atoms with Gasteiger partial charge in [-0.3, -0.25) is 19.8 Å². The van der Waals surface area contributed by atoms with Gasteiger partial charge in [-0.15, -0.1) is 0 Å². The maximum Gasteiger partial charge on any atom is 0.417 e. The van der Waals surface area contributed by atoms with Crippen molar-refractivity contribution in [3.05, 3.63) is 84.7 Å². The van der Waals surface area contributed by atoms with Crippen molar-refractivity contribution in [2.75, 3.05) is 5.43 Å². The minimum atomic E-state index is -4.59. The fraction of sp³-hybridized carbons (Fsp3) is 0.111. The summed E-state index contributed by atoms with van der Waals surface area (Å²) in [6.07, 6.45) is -2.70. The van der Waals surface area contributed by atoms with E-state index in [0.29, 0.717) is 23.0 Å². The minimum absolute atomic E-state index is 0.0417. The highest BCUT2D eigenvalue weighted by Crippen LogP contribution is 2.32. The molecule has 3 aromatic rings. The van der Waals surface area contributed by atoms with Crippen LogP contribution in [0.3, 0.4) is 0 Å². The Balaban J connectivity index is 1.93. The van der Waals surface area contributed by atoms with Gasteiger partial charge in [0.25, 0.3) is 5.56 Å². The van der Waals surface area contributed by atoms with Gasteiger partial charge in [-0.2, -0.15) is 18.3 Å². The second-order valence-electron chi connectivity index (χ2n) is 6.01. The third kappa shape index (κ3) is 4.71. The lowest BCUT2D eigenvalue weighted by Crippen LogP contribution is -2.32. The number of anilines is 1. The van der Waals surface area contributed by atoms with Crippen LogP contribution in [0.1, 0.15) is 18.1 Å². The van der Waals surface area contributed by atoms with Crippen molar-refractivity contribution in [3.63, 3.8) is 0 Å². The molecule has 3 rings (SSSR count). The van der Waals surface area contributed by atoms with E-state index >= 15 is 0 Å². The Labute approximate surface area is 176 Å². The molecule has 0 fully saturated rings. The summed E-state index contributed by atoms with van der Waals surface area (Å²) < 4.78 is 39.3. The Bertz CT molecular complexity index is 1230. The van der Waals surface area contributed by atoms with E-state index in [1.807, 2.05) is 0 Å². The topological polar surface area (TPSA) is 92.1 Å². The first-order chi connectivity index (χ1) is 14.1. The van der Waals surface area contributed by atoms with Gasteiger partial charge in [-0.05, 0) is 37.3 Å². The number of hydrogen-bond donors (Lipinski definition) is 2. The molecular weight excluding hydrogens is 446 g/mol. The van der Waals surface area contributed by atoms with Gasteiger partial charge < -0.3 is 0 Å². The molecule has 0 spiro atoms. The normalized spacial score (nSPS) is 12.1. The lowest BCUT2D eigenvalue weighted by Gasteiger charge is -2.10. The number of aromatic amines is 1. The average molecular weight is 458 g/mol.